The third kappa shape index (κ3) is 3.13. The second-order valence-corrected chi connectivity index (χ2v) is 6.79. The van der Waals surface area contributed by atoms with Crippen molar-refractivity contribution in [2.75, 3.05) is 5.32 Å². The van der Waals surface area contributed by atoms with E-state index in [4.69, 9.17) is 0 Å². The topological polar surface area (TPSA) is 54.9 Å². The van der Waals surface area contributed by atoms with Crippen LogP contribution in [0.4, 0.5) is 5.69 Å². The molecule has 1 saturated carbocycles. The Bertz CT molecular complexity index is 568. The Labute approximate surface area is 119 Å². The number of rotatable bonds is 4. The summed E-state index contributed by atoms with van der Waals surface area (Å²) in [5, 5.41) is 10.7. The monoisotopic (exact) mass is 291 g/mol. The summed E-state index contributed by atoms with van der Waals surface area (Å²) >= 11 is 3.09. The fourth-order valence-corrected chi connectivity index (χ4v) is 3.29. The quantitative estimate of drug-likeness (QED) is 0.939. The summed E-state index contributed by atoms with van der Waals surface area (Å²) in [6.07, 6.45) is 1.01. The maximum Gasteiger partial charge on any atom is 0.227 e. The number of nitrogens with one attached hydrogen (secondary N) is 1. The molecule has 6 heteroatoms. The van der Waals surface area contributed by atoms with Gasteiger partial charge in [0.15, 0.2) is 4.34 Å². The van der Waals surface area contributed by atoms with Gasteiger partial charge >= 0.3 is 0 Å². The lowest BCUT2D eigenvalue weighted by atomic mass is 10.3. The highest BCUT2D eigenvalue weighted by Crippen LogP contribution is 2.38. The van der Waals surface area contributed by atoms with Crippen LogP contribution in [0.15, 0.2) is 39.0 Å². The molecule has 1 fully saturated rings. The average molecular weight is 291 g/mol. The van der Waals surface area contributed by atoms with Gasteiger partial charge in [-0.15, -0.1) is 10.2 Å². The molecule has 0 saturated heterocycles. The first-order valence-corrected chi connectivity index (χ1v) is 7.77. The van der Waals surface area contributed by atoms with Gasteiger partial charge in [-0.3, -0.25) is 4.79 Å². The lowest BCUT2D eigenvalue weighted by Crippen LogP contribution is -2.14. The first kappa shape index (κ1) is 12.6. The van der Waals surface area contributed by atoms with Crippen molar-refractivity contribution in [2.24, 2.45) is 11.8 Å². The molecule has 1 aromatic carbocycles. The van der Waals surface area contributed by atoms with Gasteiger partial charge in [0.1, 0.15) is 5.51 Å². The van der Waals surface area contributed by atoms with Gasteiger partial charge in [-0.05, 0) is 36.6 Å². The highest BCUT2D eigenvalue weighted by molar-refractivity contribution is 8.01. The highest BCUT2D eigenvalue weighted by Gasteiger charge is 2.38. The Hall–Kier alpha value is -1.40. The maximum atomic E-state index is 11.8. The minimum Gasteiger partial charge on any atom is -0.326 e. The molecule has 1 N–H and O–H groups in total. The number of benzene rings is 1. The van der Waals surface area contributed by atoms with E-state index in [2.05, 4.69) is 22.4 Å². The van der Waals surface area contributed by atoms with Gasteiger partial charge in [0.2, 0.25) is 5.91 Å². The Morgan fingerprint density at radius 2 is 2.16 bits per heavy atom. The summed E-state index contributed by atoms with van der Waals surface area (Å²) in [6.45, 7) is 2.10. The molecular weight excluding hydrogens is 278 g/mol. The number of nitrogens with zero attached hydrogens (tertiary/aromatic N) is 2. The average Bonchev–Trinajstić information content (AvgIpc) is 2.92. The van der Waals surface area contributed by atoms with E-state index in [1.807, 2.05) is 24.3 Å². The summed E-state index contributed by atoms with van der Waals surface area (Å²) in [7, 11) is 0. The third-order valence-electron chi connectivity index (χ3n) is 3.11. The van der Waals surface area contributed by atoms with Crippen molar-refractivity contribution in [3.8, 4) is 0 Å². The standard InChI is InChI=1S/C13H13N3OS2/c1-8-6-11(8)12(17)15-9-2-4-10(5-3-9)19-13-16-14-7-18-13/h2-5,7-8,11H,6H2,1H3,(H,15,17)/t8-,11+/m1/s1. The molecule has 1 aliphatic rings. The van der Waals surface area contributed by atoms with Crippen molar-refractivity contribution in [3.63, 3.8) is 0 Å². The molecule has 0 bridgehead atoms. The zero-order valence-electron chi connectivity index (χ0n) is 10.4. The summed E-state index contributed by atoms with van der Waals surface area (Å²) in [5.74, 6) is 0.875. The zero-order valence-corrected chi connectivity index (χ0v) is 12.0. The van der Waals surface area contributed by atoms with E-state index in [0.29, 0.717) is 5.92 Å². The zero-order chi connectivity index (χ0) is 13.2. The molecule has 4 nitrogen and oxygen atoms in total. The van der Waals surface area contributed by atoms with Crippen molar-refractivity contribution in [1.82, 2.24) is 10.2 Å². The van der Waals surface area contributed by atoms with E-state index in [-0.39, 0.29) is 11.8 Å². The minimum atomic E-state index is 0.136. The number of hydrogen-bond acceptors (Lipinski definition) is 5. The molecular formula is C13H13N3OS2. The van der Waals surface area contributed by atoms with Crippen molar-refractivity contribution in [3.05, 3.63) is 29.8 Å². The van der Waals surface area contributed by atoms with E-state index in [1.54, 1.807) is 17.3 Å². The molecule has 1 aromatic heterocycles. The predicted molar refractivity (Wildman–Crippen MR) is 76.4 cm³/mol. The first-order valence-electron chi connectivity index (χ1n) is 6.07. The van der Waals surface area contributed by atoms with Crippen LogP contribution in [0.5, 0.6) is 0 Å². The largest absolute Gasteiger partial charge is 0.326 e. The van der Waals surface area contributed by atoms with Crippen LogP contribution in [-0.2, 0) is 4.79 Å². The van der Waals surface area contributed by atoms with E-state index in [0.717, 1.165) is 21.3 Å². The second-order valence-electron chi connectivity index (χ2n) is 4.64. The minimum absolute atomic E-state index is 0.136. The predicted octanol–water partition coefficient (Wildman–Crippen LogP) is 3.28. The maximum absolute atomic E-state index is 11.8. The van der Waals surface area contributed by atoms with E-state index in [1.165, 1.54) is 11.3 Å². The molecule has 1 heterocycles. The molecule has 98 valence electrons. The molecule has 0 unspecified atom stereocenters. The van der Waals surface area contributed by atoms with Crippen LogP contribution in [-0.4, -0.2) is 16.1 Å². The Balaban J connectivity index is 1.61. The van der Waals surface area contributed by atoms with E-state index in [9.17, 15) is 4.79 Å². The van der Waals surface area contributed by atoms with Crippen LogP contribution < -0.4 is 5.32 Å². The van der Waals surface area contributed by atoms with E-state index >= 15 is 0 Å². The number of hydrogen-bond donors (Lipinski definition) is 1. The number of carbonyl (C=O) groups is 1. The van der Waals surface area contributed by atoms with Crippen LogP contribution in [0.25, 0.3) is 0 Å². The lowest BCUT2D eigenvalue weighted by molar-refractivity contribution is -0.117. The van der Waals surface area contributed by atoms with Crippen molar-refractivity contribution in [1.29, 1.82) is 0 Å². The Morgan fingerprint density at radius 3 is 2.74 bits per heavy atom. The Kier molecular flexibility index (Phi) is 3.52. The summed E-state index contributed by atoms with van der Waals surface area (Å²) in [6, 6.07) is 7.82. The molecule has 2 aromatic rings. The van der Waals surface area contributed by atoms with Gasteiger partial charge in [-0.25, -0.2) is 0 Å². The first-order chi connectivity index (χ1) is 9.22. The van der Waals surface area contributed by atoms with Crippen LogP contribution in [0.1, 0.15) is 13.3 Å². The number of carbonyl (C=O) groups excluding carboxylic acids is 1. The van der Waals surface area contributed by atoms with Gasteiger partial charge in [-0.2, -0.15) is 0 Å². The van der Waals surface area contributed by atoms with Crippen molar-refractivity contribution in [2.45, 2.75) is 22.6 Å². The van der Waals surface area contributed by atoms with Gasteiger partial charge in [-0.1, -0.05) is 30.0 Å². The SMILES string of the molecule is C[C@@H]1C[C@@H]1C(=O)Nc1ccc(Sc2nncs2)cc1. The molecule has 2 atom stereocenters. The lowest BCUT2D eigenvalue weighted by Gasteiger charge is -2.05. The van der Waals surface area contributed by atoms with E-state index < -0.39 is 0 Å². The van der Waals surface area contributed by atoms with Gasteiger partial charge in [0.25, 0.3) is 0 Å². The highest BCUT2D eigenvalue weighted by atomic mass is 32.2. The molecule has 1 aliphatic carbocycles. The number of anilines is 1. The van der Waals surface area contributed by atoms with Crippen LogP contribution in [0.3, 0.4) is 0 Å². The van der Waals surface area contributed by atoms with Crippen molar-refractivity contribution < 1.29 is 4.79 Å². The fraction of sp³-hybridized carbons (Fsp3) is 0.308. The molecule has 0 spiro atoms. The smallest absolute Gasteiger partial charge is 0.227 e. The van der Waals surface area contributed by atoms with Crippen molar-refractivity contribution >= 4 is 34.7 Å². The summed E-state index contributed by atoms with van der Waals surface area (Å²) in [4.78, 5) is 12.9. The van der Waals surface area contributed by atoms with Gasteiger partial charge < -0.3 is 5.32 Å². The summed E-state index contributed by atoms with van der Waals surface area (Å²) in [5.41, 5.74) is 2.57. The van der Waals surface area contributed by atoms with Gasteiger partial charge in [0, 0.05) is 16.5 Å². The third-order valence-corrected chi connectivity index (χ3v) is 4.90. The van der Waals surface area contributed by atoms with Crippen LogP contribution in [0, 0.1) is 11.8 Å². The molecule has 3 rings (SSSR count). The summed E-state index contributed by atoms with van der Waals surface area (Å²) < 4.78 is 0.920. The second kappa shape index (κ2) is 5.30. The molecule has 19 heavy (non-hydrogen) atoms. The molecule has 1 amide bonds. The van der Waals surface area contributed by atoms with Crippen LogP contribution in [0.2, 0.25) is 0 Å². The fourth-order valence-electron chi connectivity index (χ4n) is 1.84. The normalized spacial score (nSPS) is 21.1. The molecule has 0 aliphatic heterocycles. The number of aromatic nitrogens is 2. The number of amides is 1. The van der Waals surface area contributed by atoms with Crippen LogP contribution >= 0.6 is 23.1 Å². The molecule has 0 radical (unpaired) electrons. The van der Waals surface area contributed by atoms with Gasteiger partial charge in [0.05, 0.1) is 0 Å². The Morgan fingerprint density at radius 1 is 1.42 bits per heavy atom.